The molecule has 0 spiro atoms. The molecule has 0 aliphatic rings. The zero-order valence-corrected chi connectivity index (χ0v) is 18.8. The predicted molar refractivity (Wildman–Crippen MR) is 134 cm³/mol. The van der Waals surface area contributed by atoms with Crippen LogP contribution in [-0.2, 0) is 0 Å². The lowest BCUT2D eigenvalue weighted by atomic mass is 10.1. The average Bonchev–Trinajstić information content (AvgIpc) is 3.21. The highest BCUT2D eigenvalue weighted by Gasteiger charge is 2.12. The Hall–Kier alpha value is -3.39. The molecular weight excluding hydrogens is 501 g/mol. The molecule has 0 aliphatic carbocycles. The second kappa shape index (κ2) is 8.03. The number of H-pyrrole nitrogens is 1. The first-order chi connectivity index (χ1) is 15.1. The van der Waals surface area contributed by atoms with Gasteiger partial charge in [-0.2, -0.15) is 0 Å². The Morgan fingerprint density at radius 2 is 1.87 bits per heavy atom. The quantitative estimate of drug-likeness (QED) is 0.312. The van der Waals surface area contributed by atoms with Gasteiger partial charge >= 0.3 is 0 Å². The van der Waals surface area contributed by atoms with Crippen molar-refractivity contribution in [3.05, 3.63) is 98.2 Å². The van der Waals surface area contributed by atoms with Gasteiger partial charge in [-0.3, -0.25) is 9.36 Å². The number of methoxy groups -OCH3 is 1. The highest BCUT2D eigenvalue weighted by Crippen LogP contribution is 2.22. The van der Waals surface area contributed by atoms with Crippen molar-refractivity contribution >= 4 is 56.5 Å². The van der Waals surface area contributed by atoms with Crippen molar-refractivity contribution < 1.29 is 4.74 Å². The summed E-state index contributed by atoms with van der Waals surface area (Å²) in [7, 11) is 1.61. The lowest BCUT2D eigenvalue weighted by Crippen LogP contribution is -2.22. The second-order valence-electron chi connectivity index (χ2n) is 7.10. The summed E-state index contributed by atoms with van der Waals surface area (Å²) in [5.74, 6) is 1.23. The van der Waals surface area contributed by atoms with Gasteiger partial charge in [0.1, 0.15) is 11.6 Å². The fourth-order valence-electron chi connectivity index (χ4n) is 3.68. The first-order valence-corrected chi connectivity index (χ1v) is 10.8. The molecule has 2 aromatic heterocycles. The third-order valence-electron chi connectivity index (χ3n) is 5.20. The fraction of sp³-hybridized carbons (Fsp3) is 0.0400. The molecule has 0 atom stereocenters. The molecule has 5 nitrogen and oxygen atoms in total. The Morgan fingerprint density at radius 1 is 1.00 bits per heavy atom. The van der Waals surface area contributed by atoms with Crippen LogP contribution < -0.4 is 10.3 Å². The van der Waals surface area contributed by atoms with E-state index in [0.29, 0.717) is 28.2 Å². The van der Waals surface area contributed by atoms with Crippen LogP contribution in [0.4, 0.5) is 0 Å². The molecule has 6 heteroatoms. The SMILES string of the molecule is COc1cccc(-n2c(/C=C\c3c[nH]c4ccccc34)nc3ccc(I)cc3c2=O)c1. The van der Waals surface area contributed by atoms with Crippen molar-refractivity contribution in [1.29, 1.82) is 0 Å². The number of halogens is 1. The molecule has 0 bridgehead atoms. The van der Waals surface area contributed by atoms with Crippen molar-refractivity contribution in [1.82, 2.24) is 14.5 Å². The number of benzene rings is 3. The Balaban J connectivity index is 1.74. The lowest BCUT2D eigenvalue weighted by molar-refractivity contribution is 0.414. The minimum Gasteiger partial charge on any atom is -0.497 e. The van der Waals surface area contributed by atoms with Crippen LogP contribution in [0.15, 0.2) is 77.7 Å². The van der Waals surface area contributed by atoms with E-state index in [9.17, 15) is 4.79 Å². The summed E-state index contributed by atoms with van der Waals surface area (Å²) in [6, 6.07) is 21.3. The van der Waals surface area contributed by atoms with Crippen molar-refractivity contribution in [3.8, 4) is 11.4 Å². The van der Waals surface area contributed by atoms with E-state index in [4.69, 9.17) is 9.72 Å². The normalized spacial score (nSPS) is 11.5. The van der Waals surface area contributed by atoms with Crippen LogP contribution in [0.5, 0.6) is 5.75 Å². The van der Waals surface area contributed by atoms with E-state index in [1.54, 1.807) is 11.7 Å². The summed E-state index contributed by atoms with van der Waals surface area (Å²) in [6.45, 7) is 0. The molecule has 5 aromatic rings. The number of hydrogen-bond donors (Lipinski definition) is 1. The van der Waals surface area contributed by atoms with Crippen LogP contribution in [0.3, 0.4) is 0 Å². The Bertz CT molecular complexity index is 1510. The summed E-state index contributed by atoms with van der Waals surface area (Å²) in [5, 5.41) is 1.70. The number of nitrogens with one attached hydrogen (secondary N) is 1. The summed E-state index contributed by atoms with van der Waals surface area (Å²) in [5.41, 5.74) is 3.35. The topological polar surface area (TPSA) is 59.9 Å². The molecular formula is C25H18IN3O2. The molecule has 0 fully saturated rings. The van der Waals surface area contributed by atoms with E-state index in [1.165, 1.54) is 0 Å². The lowest BCUT2D eigenvalue weighted by Gasteiger charge is -2.12. The summed E-state index contributed by atoms with van der Waals surface area (Å²) in [6.07, 6.45) is 5.82. The predicted octanol–water partition coefficient (Wildman–Crippen LogP) is 5.65. The van der Waals surface area contributed by atoms with E-state index in [-0.39, 0.29) is 5.56 Å². The molecule has 0 saturated carbocycles. The summed E-state index contributed by atoms with van der Waals surface area (Å²) >= 11 is 2.21. The maximum Gasteiger partial charge on any atom is 0.266 e. The highest BCUT2D eigenvalue weighted by molar-refractivity contribution is 14.1. The number of para-hydroxylation sites is 1. The van der Waals surface area contributed by atoms with Gasteiger partial charge in [0.25, 0.3) is 5.56 Å². The van der Waals surface area contributed by atoms with Gasteiger partial charge in [0.2, 0.25) is 0 Å². The van der Waals surface area contributed by atoms with Crippen molar-refractivity contribution in [2.45, 2.75) is 0 Å². The largest absolute Gasteiger partial charge is 0.497 e. The number of rotatable bonds is 4. The van der Waals surface area contributed by atoms with Gasteiger partial charge in [0.05, 0.1) is 23.7 Å². The fourth-order valence-corrected chi connectivity index (χ4v) is 4.17. The van der Waals surface area contributed by atoms with Crippen LogP contribution in [0.1, 0.15) is 11.4 Å². The number of aromatic nitrogens is 3. The van der Waals surface area contributed by atoms with E-state index < -0.39 is 0 Å². The molecule has 0 amide bonds. The van der Waals surface area contributed by atoms with Crippen LogP contribution in [-0.4, -0.2) is 21.6 Å². The summed E-state index contributed by atoms with van der Waals surface area (Å²) in [4.78, 5) is 21.6. The van der Waals surface area contributed by atoms with E-state index in [2.05, 4.69) is 33.6 Å². The first-order valence-electron chi connectivity index (χ1n) is 9.75. The Labute approximate surface area is 192 Å². The van der Waals surface area contributed by atoms with Crippen molar-refractivity contribution in [2.24, 2.45) is 0 Å². The summed E-state index contributed by atoms with van der Waals surface area (Å²) < 4.78 is 7.99. The molecule has 0 radical (unpaired) electrons. The maximum atomic E-state index is 13.5. The van der Waals surface area contributed by atoms with Gasteiger partial charge in [-0.15, -0.1) is 0 Å². The number of nitrogens with zero attached hydrogens (tertiary/aromatic N) is 2. The van der Waals surface area contributed by atoms with E-state index >= 15 is 0 Å². The monoisotopic (exact) mass is 519 g/mol. The average molecular weight is 519 g/mol. The number of aromatic amines is 1. The molecule has 0 saturated heterocycles. The van der Waals surface area contributed by atoms with E-state index in [1.807, 2.05) is 79.0 Å². The molecule has 152 valence electrons. The van der Waals surface area contributed by atoms with E-state index in [0.717, 1.165) is 20.0 Å². The highest BCUT2D eigenvalue weighted by atomic mass is 127. The Morgan fingerprint density at radius 3 is 2.74 bits per heavy atom. The Kier molecular flexibility index (Phi) is 5.07. The van der Waals surface area contributed by atoms with Crippen LogP contribution in [0.2, 0.25) is 0 Å². The molecule has 0 aliphatic heterocycles. The molecule has 0 unspecified atom stereocenters. The number of hydrogen-bond acceptors (Lipinski definition) is 3. The maximum absolute atomic E-state index is 13.5. The van der Waals surface area contributed by atoms with Crippen LogP contribution >= 0.6 is 22.6 Å². The standard InChI is InChI=1S/C25H18IN3O2/c1-31-19-6-4-5-18(14-19)29-24(28-23-11-10-17(26)13-21(23)25(29)30)12-9-16-15-27-22-8-3-2-7-20(16)22/h2-15,27H,1H3/b12-9-. The smallest absolute Gasteiger partial charge is 0.266 e. The molecule has 1 N–H and O–H groups in total. The van der Waals surface area contributed by atoms with Gasteiger partial charge in [-0.1, -0.05) is 24.3 Å². The van der Waals surface area contributed by atoms with Gasteiger partial charge < -0.3 is 9.72 Å². The minimum absolute atomic E-state index is 0.115. The third-order valence-corrected chi connectivity index (χ3v) is 5.87. The van der Waals surface area contributed by atoms with Crippen molar-refractivity contribution in [3.63, 3.8) is 0 Å². The van der Waals surface area contributed by atoms with Gasteiger partial charge in [-0.05, 0) is 76.7 Å². The molecule has 5 rings (SSSR count). The number of fused-ring (bicyclic) bond motifs is 2. The number of ether oxygens (including phenoxy) is 1. The third kappa shape index (κ3) is 3.63. The van der Waals surface area contributed by atoms with Gasteiger partial charge in [0.15, 0.2) is 0 Å². The zero-order chi connectivity index (χ0) is 21.4. The second-order valence-corrected chi connectivity index (χ2v) is 8.34. The minimum atomic E-state index is -0.115. The van der Waals surface area contributed by atoms with Crippen LogP contribution in [0.25, 0.3) is 39.6 Å². The molecule has 31 heavy (non-hydrogen) atoms. The van der Waals surface area contributed by atoms with Crippen LogP contribution in [0, 0.1) is 3.57 Å². The van der Waals surface area contributed by atoms with Crippen molar-refractivity contribution in [2.75, 3.05) is 7.11 Å². The van der Waals surface area contributed by atoms with Gasteiger partial charge in [0, 0.05) is 26.7 Å². The molecule has 2 heterocycles. The first kappa shape index (κ1) is 19.6. The molecule has 3 aromatic carbocycles. The van der Waals surface area contributed by atoms with Gasteiger partial charge in [-0.25, -0.2) is 4.98 Å². The zero-order valence-electron chi connectivity index (χ0n) is 16.7.